The molecule has 3 heterocycles. The summed E-state index contributed by atoms with van der Waals surface area (Å²) < 4.78 is 5.52. The van der Waals surface area contributed by atoms with E-state index in [-0.39, 0.29) is 11.9 Å². The van der Waals surface area contributed by atoms with Gasteiger partial charge in [0.1, 0.15) is 0 Å². The number of carbonyl (C=O) groups is 1. The van der Waals surface area contributed by atoms with E-state index in [9.17, 15) is 4.79 Å². The van der Waals surface area contributed by atoms with Gasteiger partial charge in [0.2, 0.25) is 0 Å². The highest BCUT2D eigenvalue weighted by atomic mass is 32.1. The average molecular weight is 294 g/mol. The Morgan fingerprint density at radius 3 is 3.11 bits per heavy atom. The molecule has 0 aliphatic carbocycles. The van der Waals surface area contributed by atoms with Gasteiger partial charge >= 0.3 is 0 Å². The Labute approximate surface area is 119 Å². The molecule has 19 heavy (non-hydrogen) atoms. The fourth-order valence-corrected chi connectivity index (χ4v) is 3.47. The van der Waals surface area contributed by atoms with Crippen LogP contribution >= 0.6 is 22.7 Å². The van der Waals surface area contributed by atoms with Gasteiger partial charge in [0.05, 0.1) is 35.5 Å². The van der Waals surface area contributed by atoms with E-state index in [0.717, 1.165) is 16.3 Å². The monoisotopic (exact) mass is 294 g/mol. The predicted molar refractivity (Wildman–Crippen MR) is 75.8 cm³/mol. The molecule has 1 amide bonds. The topological polar surface area (TPSA) is 42.4 Å². The van der Waals surface area contributed by atoms with Crippen molar-refractivity contribution >= 4 is 28.6 Å². The SMILES string of the molecule is Cc1nc([C@H]2COCCN2C(=O)c2ccsc2)cs1. The molecule has 2 aromatic rings. The van der Waals surface area contributed by atoms with E-state index < -0.39 is 0 Å². The first-order valence-electron chi connectivity index (χ1n) is 6.08. The van der Waals surface area contributed by atoms with E-state index in [1.54, 1.807) is 22.7 Å². The molecule has 0 spiro atoms. The summed E-state index contributed by atoms with van der Waals surface area (Å²) in [5.41, 5.74) is 1.69. The summed E-state index contributed by atoms with van der Waals surface area (Å²) in [6, 6.07) is 1.80. The zero-order valence-electron chi connectivity index (χ0n) is 10.5. The summed E-state index contributed by atoms with van der Waals surface area (Å²) in [7, 11) is 0. The first kappa shape index (κ1) is 12.8. The Morgan fingerprint density at radius 2 is 2.42 bits per heavy atom. The number of nitrogens with zero attached hydrogens (tertiary/aromatic N) is 2. The molecule has 1 fully saturated rings. The maximum absolute atomic E-state index is 12.5. The van der Waals surface area contributed by atoms with Crippen molar-refractivity contribution in [3.63, 3.8) is 0 Å². The fraction of sp³-hybridized carbons (Fsp3) is 0.385. The molecule has 0 aromatic carbocycles. The van der Waals surface area contributed by atoms with Crippen molar-refractivity contribution < 1.29 is 9.53 Å². The Bertz CT molecular complexity index is 565. The summed E-state index contributed by atoms with van der Waals surface area (Å²) in [5.74, 6) is 0.0696. The van der Waals surface area contributed by atoms with E-state index >= 15 is 0 Å². The number of hydrogen-bond acceptors (Lipinski definition) is 5. The van der Waals surface area contributed by atoms with Crippen molar-refractivity contribution in [3.05, 3.63) is 38.5 Å². The fourth-order valence-electron chi connectivity index (χ4n) is 2.18. The lowest BCUT2D eigenvalue weighted by atomic mass is 10.1. The number of aryl methyl sites for hydroxylation is 1. The summed E-state index contributed by atoms with van der Waals surface area (Å²) in [6.45, 7) is 3.72. The summed E-state index contributed by atoms with van der Waals surface area (Å²) in [6.07, 6.45) is 0. The normalized spacial score (nSPS) is 19.6. The molecule has 0 N–H and O–H groups in total. The lowest BCUT2D eigenvalue weighted by Crippen LogP contribution is -2.43. The Balaban J connectivity index is 1.87. The minimum Gasteiger partial charge on any atom is -0.377 e. The van der Waals surface area contributed by atoms with Crippen LogP contribution in [0.4, 0.5) is 0 Å². The number of thiophene rings is 1. The van der Waals surface area contributed by atoms with E-state index in [0.29, 0.717) is 19.8 Å². The number of amides is 1. The average Bonchev–Trinajstić information content (AvgIpc) is 3.09. The van der Waals surface area contributed by atoms with Gasteiger partial charge in [-0.3, -0.25) is 4.79 Å². The molecule has 1 atom stereocenters. The summed E-state index contributed by atoms with van der Waals surface area (Å²) in [4.78, 5) is 18.9. The quantitative estimate of drug-likeness (QED) is 0.855. The van der Waals surface area contributed by atoms with Crippen molar-refractivity contribution in [2.75, 3.05) is 19.8 Å². The second-order valence-corrected chi connectivity index (χ2v) is 6.23. The van der Waals surface area contributed by atoms with E-state index in [2.05, 4.69) is 4.98 Å². The van der Waals surface area contributed by atoms with Crippen LogP contribution in [-0.4, -0.2) is 35.5 Å². The van der Waals surface area contributed by atoms with Gasteiger partial charge in [-0.15, -0.1) is 11.3 Å². The van der Waals surface area contributed by atoms with Crippen LogP contribution in [0.5, 0.6) is 0 Å². The highest BCUT2D eigenvalue weighted by molar-refractivity contribution is 7.09. The molecule has 3 rings (SSSR count). The zero-order chi connectivity index (χ0) is 13.2. The van der Waals surface area contributed by atoms with Gasteiger partial charge in [0.15, 0.2) is 0 Å². The second kappa shape index (κ2) is 5.40. The second-order valence-electron chi connectivity index (χ2n) is 4.39. The van der Waals surface area contributed by atoms with Crippen molar-refractivity contribution in [3.8, 4) is 0 Å². The molecule has 4 nitrogen and oxygen atoms in total. The maximum atomic E-state index is 12.5. The van der Waals surface area contributed by atoms with Crippen molar-refractivity contribution in [1.82, 2.24) is 9.88 Å². The van der Waals surface area contributed by atoms with Crippen LogP contribution in [-0.2, 0) is 4.74 Å². The molecule has 1 saturated heterocycles. The number of hydrogen-bond donors (Lipinski definition) is 0. The molecule has 0 saturated carbocycles. The predicted octanol–water partition coefficient (Wildman–Crippen LogP) is 2.73. The smallest absolute Gasteiger partial charge is 0.255 e. The Kier molecular flexibility index (Phi) is 3.63. The molecular formula is C13H14N2O2S2. The third-order valence-electron chi connectivity index (χ3n) is 3.14. The van der Waals surface area contributed by atoms with Crippen LogP contribution in [0.1, 0.15) is 27.1 Å². The number of morpholine rings is 1. The molecule has 0 unspecified atom stereocenters. The Morgan fingerprint density at radius 1 is 1.53 bits per heavy atom. The summed E-state index contributed by atoms with van der Waals surface area (Å²) in [5, 5.41) is 6.85. The molecular weight excluding hydrogens is 280 g/mol. The minimum atomic E-state index is -0.0638. The van der Waals surface area contributed by atoms with Crippen LogP contribution in [0.2, 0.25) is 0 Å². The van der Waals surface area contributed by atoms with Gasteiger partial charge in [0.25, 0.3) is 5.91 Å². The number of aromatic nitrogens is 1. The lowest BCUT2D eigenvalue weighted by Gasteiger charge is -2.34. The maximum Gasteiger partial charge on any atom is 0.255 e. The number of carbonyl (C=O) groups excluding carboxylic acids is 1. The highest BCUT2D eigenvalue weighted by Gasteiger charge is 2.30. The van der Waals surface area contributed by atoms with E-state index in [1.165, 1.54) is 0 Å². The Hall–Kier alpha value is -1.24. The molecule has 100 valence electrons. The molecule has 1 aliphatic heterocycles. The summed E-state index contributed by atoms with van der Waals surface area (Å²) >= 11 is 3.15. The van der Waals surface area contributed by atoms with Crippen LogP contribution in [0.25, 0.3) is 0 Å². The first-order valence-corrected chi connectivity index (χ1v) is 7.91. The zero-order valence-corrected chi connectivity index (χ0v) is 12.2. The van der Waals surface area contributed by atoms with E-state index in [1.807, 2.05) is 34.0 Å². The van der Waals surface area contributed by atoms with Crippen LogP contribution in [0, 0.1) is 6.92 Å². The molecule has 1 aliphatic rings. The van der Waals surface area contributed by atoms with Gasteiger partial charge in [-0.05, 0) is 18.4 Å². The standard InChI is InChI=1S/C13H14N2O2S2/c1-9-14-11(8-19-9)12-6-17-4-3-15(12)13(16)10-2-5-18-7-10/h2,5,7-8,12H,3-4,6H2,1H3/t12-/m1/s1. The van der Waals surface area contributed by atoms with Crippen LogP contribution in [0.3, 0.4) is 0 Å². The minimum absolute atomic E-state index is 0.0638. The molecule has 2 aromatic heterocycles. The van der Waals surface area contributed by atoms with Gasteiger partial charge in [-0.1, -0.05) is 0 Å². The van der Waals surface area contributed by atoms with Gasteiger partial charge in [0, 0.05) is 17.3 Å². The van der Waals surface area contributed by atoms with Crippen molar-refractivity contribution in [2.45, 2.75) is 13.0 Å². The third kappa shape index (κ3) is 2.56. The number of thiazole rings is 1. The molecule has 0 radical (unpaired) electrons. The molecule has 6 heteroatoms. The van der Waals surface area contributed by atoms with Gasteiger partial charge < -0.3 is 9.64 Å². The number of ether oxygens (including phenoxy) is 1. The van der Waals surface area contributed by atoms with Crippen molar-refractivity contribution in [1.29, 1.82) is 0 Å². The highest BCUT2D eigenvalue weighted by Crippen LogP contribution is 2.27. The van der Waals surface area contributed by atoms with E-state index in [4.69, 9.17) is 4.74 Å². The lowest BCUT2D eigenvalue weighted by molar-refractivity contribution is -0.00373. The van der Waals surface area contributed by atoms with Crippen molar-refractivity contribution in [2.24, 2.45) is 0 Å². The molecule has 0 bridgehead atoms. The van der Waals surface area contributed by atoms with Gasteiger partial charge in [-0.2, -0.15) is 11.3 Å². The largest absolute Gasteiger partial charge is 0.377 e. The van der Waals surface area contributed by atoms with Crippen LogP contribution < -0.4 is 0 Å². The van der Waals surface area contributed by atoms with Crippen LogP contribution in [0.15, 0.2) is 22.2 Å². The number of rotatable bonds is 2. The third-order valence-corrected chi connectivity index (χ3v) is 4.61. The van der Waals surface area contributed by atoms with Gasteiger partial charge in [-0.25, -0.2) is 4.98 Å². The first-order chi connectivity index (χ1) is 9.25.